The first kappa shape index (κ1) is 18.3. The van der Waals surface area contributed by atoms with Gasteiger partial charge in [0.25, 0.3) is 0 Å². The minimum absolute atomic E-state index is 0.622. The highest BCUT2D eigenvalue weighted by atomic mass is 35.5. The first-order chi connectivity index (χ1) is 12.7. The third kappa shape index (κ3) is 4.17. The average Bonchev–Trinajstić information content (AvgIpc) is 3.12. The topological polar surface area (TPSA) is 61.5 Å². The highest BCUT2D eigenvalue weighted by Crippen LogP contribution is 2.30. The van der Waals surface area contributed by atoms with Gasteiger partial charge in [0.2, 0.25) is 5.16 Å². The number of nitrogens with zero attached hydrogens (tertiary/aromatic N) is 4. The Morgan fingerprint density at radius 3 is 2.77 bits per heavy atom. The lowest BCUT2D eigenvalue weighted by Crippen LogP contribution is -1.97. The van der Waals surface area contributed by atoms with Gasteiger partial charge in [-0.15, -0.1) is 10.2 Å². The van der Waals surface area contributed by atoms with Gasteiger partial charge in [0, 0.05) is 16.3 Å². The van der Waals surface area contributed by atoms with Gasteiger partial charge >= 0.3 is 0 Å². The predicted molar refractivity (Wildman–Crippen MR) is 104 cm³/mol. The zero-order valence-corrected chi connectivity index (χ0v) is 15.9. The number of para-hydroxylation sites is 1. The maximum atomic E-state index is 6.20. The molecule has 1 heterocycles. The van der Waals surface area contributed by atoms with Crippen molar-refractivity contribution in [2.75, 3.05) is 14.2 Å². The van der Waals surface area contributed by atoms with Gasteiger partial charge in [-0.2, -0.15) is 9.78 Å². The summed E-state index contributed by atoms with van der Waals surface area (Å²) in [6.07, 6.45) is 3.24. The van der Waals surface area contributed by atoms with Crippen molar-refractivity contribution in [2.24, 2.45) is 5.10 Å². The third-order valence-electron chi connectivity index (χ3n) is 3.57. The van der Waals surface area contributed by atoms with E-state index in [0.717, 1.165) is 16.1 Å². The van der Waals surface area contributed by atoms with Crippen LogP contribution in [0.2, 0.25) is 5.02 Å². The first-order valence-electron chi connectivity index (χ1n) is 7.74. The van der Waals surface area contributed by atoms with Crippen LogP contribution in [0.15, 0.2) is 59.0 Å². The number of hydrogen-bond donors (Lipinski definition) is 0. The van der Waals surface area contributed by atoms with Crippen LogP contribution in [0.5, 0.6) is 11.5 Å². The van der Waals surface area contributed by atoms with E-state index in [4.69, 9.17) is 21.1 Å². The molecular formula is C18H17ClN4O2S. The van der Waals surface area contributed by atoms with Crippen molar-refractivity contribution in [3.8, 4) is 11.5 Å². The van der Waals surface area contributed by atoms with E-state index < -0.39 is 0 Å². The van der Waals surface area contributed by atoms with E-state index in [-0.39, 0.29) is 0 Å². The number of aromatic nitrogens is 3. The molecule has 1 aromatic heterocycles. The summed E-state index contributed by atoms with van der Waals surface area (Å²) in [5.74, 6) is 1.95. The molecule has 0 amide bonds. The van der Waals surface area contributed by atoms with Gasteiger partial charge in [-0.3, -0.25) is 0 Å². The number of rotatable bonds is 7. The molecule has 0 fully saturated rings. The van der Waals surface area contributed by atoms with Crippen molar-refractivity contribution in [3.05, 3.63) is 64.9 Å². The number of hydrogen-bond acceptors (Lipinski definition) is 6. The summed E-state index contributed by atoms with van der Waals surface area (Å²) in [6.45, 7) is 0. The fraction of sp³-hybridized carbons (Fsp3) is 0.167. The molecule has 0 saturated heterocycles. The maximum Gasteiger partial charge on any atom is 0.212 e. The number of halogens is 1. The summed E-state index contributed by atoms with van der Waals surface area (Å²) in [5.41, 5.74) is 1.83. The molecule has 2 aromatic carbocycles. The minimum Gasteiger partial charge on any atom is -0.493 e. The van der Waals surface area contributed by atoms with E-state index in [1.807, 2.05) is 42.5 Å². The molecule has 0 atom stereocenters. The van der Waals surface area contributed by atoms with Crippen molar-refractivity contribution in [1.29, 1.82) is 0 Å². The smallest absolute Gasteiger partial charge is 0.212 e. The van der Waals surface area contributed by atoms with Crippen molar-refractivity contribution >= 4 is 29.6 Å². The van der Waals surface area contributed by atoms with Crippen molar-refractivity contribution in [1.82, 2.24) is 14.9 Å². The highest BCUT2D eigenvalue weighted by molar-refractivity contribution is 7.98. The molecule has 26 heavy (non-hydrogen) atoms. The first-order valence-corrected chi connectivity index (χ1v) is 9.11. The molecule has 3 aromatic rings. The molecule has 0 aliphatic rings. The Morgan fingerprint density at radius 2 is 2.00 bits per heavy atom. The van der Waals surface area contributed by atoms with Gasteiger partial charge < -0.3 is 9.47 Å². The van der Waals surface area contributed by atoms with Crippen LogP contribution >= 0.6 is 23.4 Å². The number of benzene rings is 2. The Balaban J connectivity index is 1.77. The SMILES string of the molecule is COc1cccc(/C=N\n2cnnc2SCc2ccccc2Cl)c1OC. The molecule has 0 bridgehead atoms. The average molecular weight is 389 g/mol. The van der Waals surface area contributed by atoms with Gasteiger partial charge in [0.1, 0.15) is 6.33 Å². The number of methoxy groups -OCH3 is 2. The Hall–Kier alpha value is -2.51. The van der Waals surface area contributed by atoms with Crippen LogP contribution in [0.4, 0.5) is 0 Å². The number of thioether (sulfide) groups is 1. The molecule has 3 rings (SSSR count). The van der Waals surface area contributed by atoms with Crippen LogP contribution in [0, 0.1) is 0 Å². The van der Waals surface area contributed by atoms with Crippen LogP contribution in [0.25, 0.3) is 0 Å². The Morgan fingerprint density at radius 1 is 1.15 bits per heavy atom. The van der Waals surface area contributed by atoms with E-state index in [9.17, 15) is 0 Å². The zero-order chi connectivity index (χ0) is 18.4. The van der Waals surface area contributed by atoms with Gasteiger partial charge in [-0.1, -0.05) is 47.6 Å². The molecule has 0 radical (unpaired) electrons. The van der Waals surface area contributed by atoms with E-state index in [1.54, 1.807) is 31.4 Å². The molecule has 0 saturated carbocycles. The summed E-state index contributed by atoms with van der Waals surface area (Å²) in [4.78, 5) is 0. The highest BCUT2D eigenvalue weighted by Gasteiger charge is 2.09. The zero-order valence-electron chi connectivity index (χ0n) is 14.3. The molecule has 0 unspecified atom stereocenters. The quantitative estimate of drug-likeness (QED) is 0.450. The lowest BCUT2D eigenvalue weighted by atomic mass is 10.2. The van der Waals surface area contributed by atoms with Crippen molar-refractivity contribution in [3.63, 3.8) is 0 Å². The largest absolute Gasteiger partial charge is 0.493 e. The molecule has 6 nitrogen and oxygen atoms in total. The molecule has 0 aliphatic heterocycles. The fourth-order valence-electron chi connectivity index (χ4n) is 2.29. The summed E-state index contributed by atoms with van der Waals surface area (Å²) < 4.78 is 12.3. The fourth-order valence-corrected chi connectivity index (χ4v) is 3.44. The summed E-state index contributed by atoms with van der Waals surface area (Å²) in [6, 6.07) is 13.3. The second-order valence-electron chi connectivity index (χ2n) is 5.17. The maximum absolute atomic E-state index is 6.20. The van der Waals surface area contributed by atoms with Gasteiger partial charge in [0.05, 0.1) is 20.4 Å². The molecule has 0 spiro atoms. The lowest BCUT2D eigenvalue weighted by Gasteiger charge is -2.09. The molecule has 8 heteroatoms. The van der Waals surface area contributed by atoms with Gasteiger partial charge in [-0.05, 0) is 23.8 Å². The normalized spacial score (nSPS) is 11.0. The summed E-state index contributed by atoms with van der Waals surface area (Å²) in [7, 11) is 3.20. The number of ether oxygens (including phenoxy) is 2. The van der Waals surface area contributed by atoms with Gasteiger partial charge in [-0.25, -0.2) is 0 Å². The molecule has 0 aliphatic carbocycles. The summed E-state index contributed by atoms with van der Waals surface area (Å²) >= 11 is 7.70. The Kier molecular flexibility index (Phi) is 6.14. The van der Waals surface area contributed by atoms with Crippen LogP contribution < -0.4 is 9.47 Å². The molecule has 0 N–H and O–H groups in total. The van der Waals surface area contributed by atoms with E-state index >= 15 is 0 Å². The van der Waals surface area contributed by atoms with Crippen molar-refractivity contribution < 1.29 is 9.47 Å². The van der Waals surface area contributed by atoms with Crippen LogP contribution in [0.3, 0.4) is 0 Å². The standard InChI is InChI=1S/C18H17ClN4O2S/c1-24-16-9-5-7-13(17(16)25-2)10-21-23-12-20-22-18(23)26-11-14-6-3-4-8-15(14)19/h3-10,12H,11H2,1-2H3/b21-10-. The van der Waals surface area contributed by atoms with E-state index in [0.29, 0.717) is 22.4 Å². The third-order valence-corrected chi connectivity index (χ3v) is 4.92. The van der Waals surface area contributed by atoms with Crippen LogP contribution in [0.1, 0.15) is 11.1 Å². The lowest BCUT2D eigenvalue weighted by molar-refractivity contribution is 0.354. The van der Waals surface area contributed by atoms with Gasteiger partial charge in [0.15, 0.2) is 11.5 Å². The van der Waals surface area contributed by atoms with E-state index in [2.05, 4.69) is 15.3 Å². The van der Waals surface area contributed by atoms with Crippen LogP contribution in [-0.4, -0.2) is 35.3 Å². The Labute approximate surface area is 160 Å². The molecule has 134 valence electrons. The van der Waals surface area contributed by atoms with E-state index in [1.165, 1.54) is 11.8 Å². The Bertz CT molecular complexity index is 914. The monoisotopic (exact) mass is 388 g/mol. The van der Waals surface area contributed by atoms with Crippen LogP contribution in [-0.2, 0) is 5.75 Å². The minimum atomic E-state index is 0.622. The predicted octanol–water partition coefficient (Wildman–Crippen LogP) is 4.12. The second-order valence-corrected chi connectivity index (χ2v) is 6.52. The van der Waals surface area contributed by atoms with Crippen molar-refractivity contribution in [2.45, 2.75) is 10.9 Å². The molecular weight excluding hydrogens is 372 g/mol. The second kappa shape index (κ2) is 8.73. The summed E-state index contributed by atoms with van der Waals surface area (Å²) in [5, 5.41) is 13.9.